The molecule has 1 saturated heterocycles. The Labute approximate surface area is 125 Å². The average Bonchev–Trinajstić information content (AvgIpc) is 3.04. The highest BCUT2D eigenvalue weighted by atomic mass is 16.5. The second-order valence-electron chi connectivity index (χ2n) is 5.38. The Balaban J connectivity index is 1.81. The van der Waals surface area contributed by atoms with Crippen LogP contribution in [-0.4, -0.2) is 34.8 Å². The fourth-order valence-corrected chi connectivity index (χ4v) is 2.88. The highest BCUT2D eigenvalue weighted by Crippen LogP contribution is 2.28. The lowest BCUT2D eigenvalue weighted by Crippen LogP contribution is -2.32. The van der Waals surface area contributed by atoms with Crippen LogP contribution in [0.4, 0.5) is 0 Å². The molecule has 5 nitrogen and oxygen atoms in total. The van der Waals surface area contributed by atoms with E-state index < -0.39 is 0 Å². The molecular weight excluding hydrogens is 264 g/mol. The zero-order valence-corrected chi connectivity index (χ0v) is 12.4. The molecule has 0 radical (unpaired) electrons. The van der Waals surface area contributed by atoms with Crippen molar-refractivity contribution >= 4 is 0 Å². The Morgan fingerprint density at radius 1 is 1.29 bits per heavy atom. The zero-order chi connectivity index (χ0) is 14.5. The van der Waals surface area contributed by atoms with Crippen molar-refractivity contribution in [2.75, 3.05) is 19.8 Å². The normalized spacial score (nSPS) is 17.8. The maximum Gasteiger partial charge on any atom is 0.100 e. The van der Waals surface area contributed by atoms with Gasteiger partial charge in [0.2, 0.25) is 0 Å². The van der Waals surface area contributed by atoms with Crippen LogP contribution in [0.5, 0.6) is 0 Å². The molecule has 0 saturated carbocycles. The first-order valence-electron chi connectivity index (χ1n) is 7.67. The smallest absolute Gasteiger partial charge is 0.100 e. The van der Waals surface area contributed by atoms with E-state index >= 15 is 0 Å². The number of hydrogen-bond acceptors (Lipinski definition) is 4. The van der Waals surface area contributed by atoms with Crippen LogP contribution in [0, 0.1) is 5.92 Å². The lowest BCUT2D eigenvalue weighted by Gasteiger charge is -2.29. The molecule has 1 aromatic carbocycles. The molecule has 21 heavy (non-hydrogen) atoms. The van der Waals surface area contributed by atoms with Crippen LogP contribution in [0.2, 0.25) is 0 Å². The van der Waals surface area contributed by atoms with Crippen molar-refractivity contribution in [3.05, 3.63) is 42.2 Å². The predicted octanol–water partition coefficient (Wildman–Crippen LogP) is 2.34. The molecule has 0 bridgehead atoms. The molecule has 1 unspecified atom stereocenters. The summed E-state index contributed by atoms with van der Waals surface area (Å²) in [6, 6.07) is 10.3. The number of para-hydroxylation sites is 1. The minimum Gasteiger partial charge on any atom is -0.381 e. The molecule has 3 rings (SSSR count). The van der Waals surface area contributed by atoms with E-state index in [0.29, 0.717) is 5.92 Å². The van der Waals surface area contributed by atoms with Gasteiger partial charge >= 0.3 is 0 Å². The molecule has 0 spiro atoms. The van der Waals surface area contributed by atoms with E-state index in [0.717, 1.165) is 44.0 Å². The highest BCUT2D eigenvalue weighted by molar-refractivity contribution is 5.28. The first kappa shape index (κ1) is 14.2. The predicted molar refractivity (Wildman–Crippen MR) is 81.3 cm³/mol. The highest BCUT2D eigenvalue weighted by Gasteiger charge is 2.27. The second kappa shape index (κ2) is 6.83. The molecule has 2 aromatic rings. The molecule has 1 aliphatic rings. The Bertz CT molecular complexity index is 548. The number of nitrogens with one attached hydrogen (secondary N) is 1. The molecule has 1 fully saturated rings. The van der Waals surface area contributed by atoms with Crippen LogP contribution in [-0.2, 0) is 4.74 Å². The third-order valence-corrected chi connectivity index (χ3v) is 3.98. The van der Waals surface area contributed by atoms with Gasteiger partial charge in [-0.25, -0.2) is 0 Å². The first-order chi connectivity index (χ1) is 10.4. The van der Waals surface area contributed by atoms with Crippen LogP contribution in [0.1, 0.15) is 31.5 Å². The summed E-state index contributed by atoms with van der Waals surface area (Å²) in [5.41, 5.74) is 2.01. The van der Waals surface area contributed by atoms with Crippen molar-refractivity contribution in [1.82, 2.24) is 20.3 Å². The van der Waals surface area contributed by atoms with E-state index in [2.05, 4.69) is 22.4 Å². The van der Waals surface area contributed by atoms with Crippen molar-refractivity contribution in [1.29, 1.82) is 0 Å². The lowest BCUT2D eigenvalue weighted by atomic mass is 9.90. The van der Waals surface area contributed by atoms with Gasteiger partial charge in [0.15, 0.2) is 0 Å². The van der Waals surface area contributed by atoms with Gasteiger partial charge in [-0.15, -0.1) is 0 Å². The summed E-state index contributed by atoms with van der Waals surface area (Å²) in [6.45, 7) is 4.76. The molecule has 0 aliphatic carbocycles. The Hall–Kier alpha value is -1.72. The maximum atomic E-state index is 5.47. The molecule has 1 atom stereocenters. The third kappa shape index (κ3) is 3.31. The van der Waals surface area contributed by atoms with E-state index in [-0.39, 0.29) is 6.04 Å². The molecule has 5 heteroatoms. The van der Waals surface area contributed by atoms with E-state index in [1.807, 2.05) is 36.5 Å². The van der Waals surface area contributed by atoms with Crippen LogP contribution >= 0.6 is 0 Å². The summed E-state index contributed by atoms with van der Waals surface area (Å²) in [4.78, 5) is 1.71. The largest absolute Gasteiger partial charge is 0.381 e. The van der Waals surface area contributed by atoms with Gasteiger partial charge in [0.25, 0.3) is 0 Å². The number of aromatic nitrogens is 3. The van der Waals surface area contributed by atoms with Gasteiger partial charge in [-0.3, -0.25) is 0 Å². The number of hydrogen-bond donors (Lipinski definition) is 1. The van der Waals surface area contributed by atoms with Gasteiger partial charge in [0, 0.05) is 13.2 Å². The average molecular weight is 286 g/mol. The van der Waals surface area contributed by atoms with E-state index in [1.54, 1.807) is 4.80 Å². The minimum atomic E-state index is 0.261. The summed E-state index contributed by atoms with van der Waals surface area (Å²) >= 11 is 0. The topological polar surface area (TPSA) is 52.0 Å². The quantitative estimate of drug-likeness (QED) is 0.916. The second-order valence-corrected chi connectivity index (χ2v) is 5.38. The van der Waals surface area contributed by atoms with Gasteiger partial charge in [0.05, 0.1) is 17.9 Å². The van der Waals surface area contributed by atoms with Gasteiger partial charge in [-0.05, 0) is 37.4 Å². The van der Waals surface area contributed by atoms with Gasteiger partial charge in [-0.2, -0.15) is 15.0 Å². The zero-order valence-electron chi connectivity index (χ0n) is 12.4. The van der Waals surface area contributed by atoms with Crippen molar-refractivity contribution in [2.45, 2.75) is 25.8 Å². The summed E-state index contributed by atoms with van der Waals surface area (Å²) < 4.78 is 5.47. The van der Waals surface area contributed by atoms with E-state index in [4.69, 9.17) is 4.74 Å². The number of ether oxygens (including phenoxy) is 1. The van der Waals surface area contributed by atoms with Crippen molar-refractivity contribution < 1.29 is 4.74 Å². The first-order valence-corrected chi connectivity index (χ1v) is 7.67. The summed E-state index contributed by atoms with van der Waals surface area (Å²) in [6.07, 6.45) is 4.04. The lowest BCUT2D eigenvalue weighted by molar-refractivity contribution is 0.0532. The molecule has 1 aliphatic heterocycles. The molecule has 2 heterocycles. The van der Waals surface area contributed by atoms with Crippen molar-refractivity contribution in [3.63, 3.8) is 0 Å². The maximum absolute atomic E-state index is 5.47. The van der Waals surface area contributed by atoms with Crippen molar-refractivity contribution in [3.8, 4) is 5.69 Å². The van der Waals surface area contributed by atoms with Crippen LogP contribution in [0.3, 0.4) is 0 Å². The van der Waals surface area contributed by atoms with Gasteiger partial charge in [0.1, 0.15) is 5.69 Å². The number of benzene rings is 1. The van der Waals surface area contributed by atoms with Crippen LogP contribution in [0.15, 0.2) is 36.5 Å². The molecule has 1 aromatic heterocycles. The molecule has 0 amide bonds. The molecule has 112 valence electrons. The Morgan fingerprint density at radius 2 is 2.05 bits per heavy atom. The van der Waals surface area contributed by atoms with Crippen LogP contribution < -0.4 is 5.32 Å². The third-order valence-electron chi connectivity index (χ3n) is 3.98. The summed E-state index contributed by atoms with van der Waals surface area (Å²) in [5, 5.41) is 12.7. The van der Waals surface area contributed by atoms with E-state index in [1.165, 1.54) is 0 Å². The monoisotopic (exact) mass is 286 g/mol. The van der Waals surface area contributed by atoms with Gasteiger partial charge in [-0.1, -0.05) is 25.1 Å². The molecule has 1 N–H and O–H groups in total. The Morgan fingerprint density at radius 3 is 2.76 bits per heavy atom. The standard InChI is InChI=1S/C16H22N4O/c1-2-17-16(13-8-10-21-11-9-13)15-12-18-20(19-15)14-6-4-3-5-7-14/h3-7,12-13,16-17H,2,8-11H2,1H3. The SMILES string of the molecule is CCNC(c1cnn(-c2ccccc2)n1)C1CCOCC1. The van der Waals surface area contributed by atoms with Crippen molar-refractivity contribution in [2.24, 2.45) is 5.92 Å². The summed E-state index contributed by atoms with van der Waals surface area (Å²) in [7, 11) is 0. The fraction of sp³-hybridized carbons (Fsp3) is 0.500. The van der Waals surface area contributed by atoms with E-state index in [9.17, 15) is 0 Å². The van der Waals surface area contributed by atoms with Gasteiger partial charge < -0.3 is 10.1 Å². The number of nitrogens with zero attached hydrogens (tertiary/aromatic N) is 3. The van der Waals surface area contributed by atoms with Crippen LogP contribution in [0.25, 0.3) is 5.69 Å². The number of rotatable bonds is 5. The Kier molecular flexibility index (Phi) is 4.62. The fourth-order valence-electron chi connectivity index (χ4n) is 2.88. The summed E-state index contributed by atoms with van der Waals surface area (Å²) in [5.74, 6) is 0.569. The molecular formula is C16H22N4O. The minimum absolute atomic E-state index is 0.261.